The van der Waals surface area contributed by atoms with Gasteiger partial charge in [-0.25, -0.2) is 9.13 Å². The fourth-order valence-electron chi connectivity index (χ4n) is 0. The van der Waals surface area contributed by atoms with Crippen molar-refractivity contribution in [1.82, 2.24) is 0 Å². The predicted molar refractivity (Wildman–Crippen MR) is 64.3 cm³/mol. The van der Waals surface area contributed by atoms with Crippen molar-refractivity contribution in [3.8, 4) is 0 Å². The van der Waals surface area contributed by atoms with Gasteiger partial charge in [0.05, 0.1) is 0 Å². The molecule has 0 saturated heterocycles. The van der Waals surface area contributed by atoms with E-state index in [1.54, 1.807) is 0 Å². The van der Waals surface area contributed by atoms with E-state index < -0.39 is 15.6 Å². The molecule has 0 aliphatic rings. The van der Waals surface area contributed by atoms with Crippen LogP contribution in [0.25, 0.3) is 0 Å². The van der Waals surface area contributed by atoms with Crippen LogP contribution < -0.4 is 0 Å². The van der Waals surface area contributed by atoms with Crippen molar-refractivity contribution in [2.24, 2.45) is 0 Å². The van der Waals surface area contributed by atoms with Gasteiger partial charge in [0.2, 0.25) is 0 Å². The Morgan fingerprint density at radius 2 is 0.467 bits per heavy atom. The summed E-state index contributed by atoms with van der Waals surface area (Å²) in [7, 11) is -9.28. The van der Waals surface area contributed by atoms with Gasteiger partial charge in [0.15, 0.2) is 0 Å². The third kappa shape index (κ3) is 209. The molecule has 0 radical (unpaired) electrons. The zero-order valence-corrected chi connectivity index (χ0v) is 6.18. The Bertz CT molecular complexity index is 133. The van der Waals surface area contributed by atoms with Crippen molar-refractivity contribution in [1.29, 1.82) is 0 Å². The first-order valence-corrected chi connectivity index (χ1v) is 4.70. The monoisotopic (exact) mass is 316 g/mol. The summed E-state index contributed by atoms with van der Waals surface area (Å²) >= 11 is 0. The van der Waals surface area contributed by atoms with E-state index in [2.05, 4.69) is 0 Å². The van der Waals surface area contributed by atoms with Crippen LogP contribution >= 0.6 is 15.6 Å². The number of rotatable bonds is 0. The van der Waals surface area contributed by atoms with E-state index in [1.807, 2.05) is 0 Å². The fourth-order valence-corrected chi connectivity index (χ4v) is 0. The van der Waals surface area contributed by atoms with Crippen LogP contribution in [0.4, 0.5) is 0 Å². The second-order valence-corrected chi connectivity index (χ2v) is 3.08. The summed E-state index contributed by atoms with van der Waals surface area (Å²) in [5, 5.41) is 0. The average molecular weight is 316 g/mol. The van der Waals surface area contributed by atoms with Gasteiger partial charge in [0, 0.05) is 0 Å². The molecular weight excluding hydrogens is 305 g/mol. The van der Waals surface area contributed by atoms with Gasteiger partial charge < -0.3 is 29.4 Å². The van der Waals surface area contributed by atoms with Crippen LogP contribution in [-0.2, 0) is 9.13 Å². The van der Waals surface area contributed by atoms with Crippen LogP contribution in [0.3, 0.4) is 0 Å². The van der Waals surface area contributed by atoms with Gasteiger partial charge in [-0.3, -0.25) is 0 Å². The number of hydrogen-bond donors (Lipinski definition) is 6. The van der Waals surface area contributed by atoms with Crippen molar-refractivity contribution in [3.63, 3.8) is 0 Å². The van der Waals surface area contributed by atoms with E-state index >= 15 is 0 Å². The maximum absolute atomic E-state index is 8.88. The quantitative estimate of drug-likeness (QED) is 0.191. The summed E-state index contributed by atoms with van der Waals surface area (Å²) in [5.74, 6) is 0. The van der Waals surface area contributed by atoms with Crippen LogP contribution in [0, 0.1) is 0 Å². The maximum atomic E-state index is 8.88. The summed E-state index contributed by atoms with van der Waals surface area (Å²) < 4.78 is 17.8. The van der Waals surface area contributed by atoms with Crippen molar-refractivity contribution in [2.75, 3.05) is 0 Å². The molecule has 0 amide bonds. The number of hydrogen-bond acceptors (Lipinski definition) is 2. The molecule has 0 saturated carbocycles. The second-order valence-electron chi connectivity index (χ2n) is 1.03. The van der Waals surface area contributed by atoms with Crippen molar-refractivity contribution in [3.05, 3.63) is 0 Å². The molecule has 0 spiro atoms. The molecule has 0 bridgehead atoms. The van der Waals surface area contributed by atoms with Gasteiger partial charge in [0.1, 0.15) is 0 Å². The van der Waals surface area contributed by atoms with Crippen molar-refractivity contribution < 1.29 is 38.5 Å². The Labute approximate surface area is 197 Å². The Balaban J connectivity index is -0.0000000128. The van der Waals surface area contributed by atoms with Gasteiger partial charge >= 0.3 is 163 Å². The second kappa shape index (κ2) is 21.5. The summed E-state index contributed by atoms with van der Waals surface area (Å²) in [6, 6.07) is 0. The van der Waals surface area contributed by atoms with E-state index in [1.165, 1.54) is 0 Å². The molecule has 0 atom stereocenters. The first-order chi connectivity index (χ1) is 4.00. The van der Waals surface area contributed by atoms with Gasteiger partial charge in [-0.15, -0.1) is 0 Å². The van der Waals surface area contributed by atoms with E-state index in [9.17, 15) is 0 Å². The van der Waals surface area contributed by atoms with Crippen LogP contribution in [-0.4, -0.2) is 177 Å². The molecule has 8 nitrogen and oxygen atoms in total. The van der Waals surface area contributed by atoms with Gasteiger partial charge in [-0.05, 0) is 0 Å². The zero-order valence-electron chi connectivity index (χ0n) is 4.39. The summed E-state index contributed by atoms with van der Waals surface area (Å²) in [4.78, 5) is 43.1. The molecule has 0 fully saturated rings. The van der Waals surface area contributed by atoms with Crippen molar-refractivity contribution >= 4 is 163 Å². The minimum absolute atomic E-state index is 0. The summed E-state index contributed by atoms with van der Waals surface area (Å²) in [6.07, 6.45) is 0. The van der Waals surface area contributed by atoms with Crippen molar-refractivity contribution in [2.45, 2.75) is 0 Å². The topological polar surface area (TPSA) is 156 Å². The van der Waals surface area contributed by atoms with E-state index in [4.69, 9.17) is 38.5 Å². The Hall–Kier alpha value is 5.22. The predicted octanol–water partition coefficient (Wildman–Crippen LogP) is -5.10. The first kappa shape index (κ1) is 42.7. The van der Waals surface area contributed by atoms with Gasteiger partial charge in [-0.2, -0.15) is 0 Å². The Morgan fingerprint density at radius 3 is 0.467 bits per heavy atom. The van der Waals surface area contributed by atoms with Gasteiger partial charge in [-0.1, -0.05) is 0 Å². The number of phosphoric acid groups is 2. The molecule has 0 aliphatic carbocycles. The molecule has 0 aliphatic heterocycles. The molecular formula is H11Na5O8P2. The molecule has 74 valence electrons. The van der Waals surface area contributed by atoms with Gasteiger partial charge in [0.25, 0.3) is 0 Å². The zero-order chi connectivity index (χ0) is 9.00. The fraction of sp³-hybridized carbons (Fsp3) is 0. The van der Waals surface area contributed by atoms with E-state index in [-0.39, 0.29) is 148 Å². The molecule has 0 aromatic carbocycles. The Morgan fingerprint density at radius 1 is 0.467 bits per heavy atom. The normalized spacial score (nSPS) is 7.87. The SMILES string of the molecule is O=P(O)(O)O.O=P(O)(O)O.[NaH].[NaH].[NaH].[NaH].[NaH]. The van der Waals surface area contributed by atoms with Crippen LogP contribution in [0.1, 0.15) is 0 Å². The first-order valence-electron chi connectivity index (χ1n) is 1.57. The molecule has 6 N–H and O–H groups in total. The molecule has 15 heteroatoms. The summed E-state index contributed by atoms with van der Waals surface area (Å²) in [5.41, 5.74) is 0. The summed E-state index contributed by atoms with van der Waals surface area (Å²) in [6.45, 7) is 0. The Kier molecular flexibility index (Phi) is 61.3. The molecule has 15 heavy (non-hydrogen) atoms. The average Bonchev–Trinajstić information content (AvgIpc) is 1.12. The molecule has 0 rings (SSSR count). The third-order valence-corrected chi connectivity index (χ3v) is 0. The van der Waals surface area contributed by atoms with E-state index in [0.29, 0.717) is 0 Å². The minimum atomic E-state index is -4.64. The molecule has 0 heterocycles. The van der Waals surface area contributed by atoms with Crippen LogP contribution in [0.5, 0.6) is 0 Å². The molecule has 0 aromatic rings. The van der Waals surface area contributed by atoms with Crippen LogP contribution in [0.15, 0.2) is 0 Å². The van der Waals surface area contributed by atoms with E-state index in [0.717, 1.165) is 0 Å². The standard InChI is InChI=1S/5Na.2H3O4P.5H/c;;;;;2*1-5(2,3)4;;;;;/h;;;;;2*(H3,1,2,3,4);;;;;. The molecule has 0 aromatic heterocycles. The third-order valence-electron chi connectivity index (χ3n) is 0. The molecule has 0 unspecified atom stereocenters. The van der Waals surface area contributed by atoms with Crippen LogP contribution in [0.2, 0.25) is 0 Å².